The number of amides is 1. The predicted molar refractivity (Wildman–Crippen MR) is 73.8 cm³/mol. The molecule has 0 bridgehead atoms. The van der Waals surface area contributed by atoms with Gasteiger partial charge in [-0.2, -0.15) is 10.5 Å². The van der Waals surface area contributed by atoms with Gasteiger partial charge in [0, 0.05) is 13.0 Å². The fourth-order valence-corrected chi connectivity index (χ4v) is 1.76. The van der Waals surface area contributed by atoms with E-state index in [-0.39, 0.29) is 11.7 Å². The maximum absolute atomic E-state index is 11.8. The summed E-state index contributed by atoms with van der Waals surface area (Å²) in [6, 6.07) is 10.7. The average Bonchev–Trinajstić information content (AvgIpc) is 2.96. The first-order chi connectivity index (χ1) is 10.2. The summed E-state index contributed by atoms with van der Waals surface area (Å²) in [4.78, 5) is 15.6. The lowest BCUT2D eigenvalue weighted by molar-refractivity contribution is -0.116. The number of aryl methyl sites for hydroxylation is 1. The number of benzene rings is 1. The average molecular weight is 280 g/mol. The number of carbonyl (C=O) groups is 1. The second kappa shape index (κ2) is 6.83. The summed E-state index contributed by atoms with van der Waals surface area (Å²) in [5.41, 5.74) is 0.943. The van der Waals surface area contributed by atoms with E-state index >= 15 is 0 Å². The molecule has 7 heteroatoms. The standard InChI is InChI=1S/C14H12N6O/c15-8-11-4-1-2-5-12(11)18-14(21)6-3-7-20-10-17-13(9-16)19-20/h1-2,4-5,10H,3,6-7H2,(H,18,21). The number of aromatic nitrogens is 3. The zero-order valence-corrected chi connectivity index (χ0v) is 11.2. The molecule has 0 unspecified atom stereocenters. The van der Waals surface area contributed by atoms with E-state index in [4.69, 9.17) is 10.5 Å². The highest BCUT2D eigenvalue weighted by Gasteiger charge is 2.06. The van der Waals surface area contributed by atoms with Crippen LogP contribution >= 0.6 is 0 Å². The summed E-state index contributed by atoms with van der Waals surface area (Å²) in [6.45, 7) is 0.502. The maximum Gasteiger partial charge on any atom is 0.252 e. The molecule has 0 atom stereocenters. The summed E-state index contributed by atoms with van der Waals surface area (Å²) in [5, 5.41) is 24.1. The molecule has 7 nitrogen and oxygen atoms in total. The number of para-hydroxylation sites is 1. The van der Waals surface area contributed by atoms with Crippen LogP contribution in [0.4, 0.5) is 5.69 Å². The van der Waals surface area contributed by atoms with E-state index < -0.39 is 0 Å². The highest BCUT2D eigenvalue weighted by Crippen LogP contribution is 2.13. The number of hydrogen-bond donors (Lipinski definition) is 1. The molecule has 21 heavy (non-hydrogen) atoms. The molecule has 0 saturated carbocycles. The Labute approximate surface area is 121 Å². The number of nitrogens with one attached hydrogen (secondary N) is 1. The van der Waals surface area contributed by atoms with Gasteiger partial charge in [-0.1, -0.05) is 12.1 Å². The zero-order valence-electron chi connectivity index (χ0n) is 11.2. The fourth-order valence-electron chi connectivity index (χ4n) is 1.76. The summed E-state index contributed by atoms with van der Waals surface area (Å²) >= 11 is 0. The first-order valence-electron chi connectivity index (χ1n) is 6.31. The molecule has 1 aromatic carbocycles. The molecule has 1 N–H and O–H groups in total. The van der Waals surface area contributed by atoms with Crippen LogP contribution in [-0.2, 0) is 11.3 Å². The van der Waals surface area contributed by atoms with E-state index in [0.717, 1.165) is 0 Å². The van der Waals surface area contributed by atoms with Gasteiger partial charge in [0.25, 0.3) is 5.82 Å². The Hall–Kier alpha value is -3.19. The molecule has 1 aromatic heterocycles. The molecule has 0 aliphatic heterocycles. The first kappa shape index (κ1) is 14.2. The van der Waals surface area contributed by atoms with Crippen LogP contribution in [0.25, 0.3) is 0 Å². The zero-order chi connectivity index (χ0) is 15.1. The van der Waals surface area contributed by atoms with Crippen LogP contribution in [0.3, 0.4) is 0 Å². The number of carbonyl (C=O) groups excluding carboxylic acids is 1. The number of rotatable bonds is 5. The lowest BCUT2D eigenvalue weighted by Gasteiger charge is -2.06. The first-order valence-corrected chi connectivity index (χ1v) is 6.31. The lowest BCUT2D eigenvalue weighted by atomic mass is 10.2. The van der Waals surface area contributed by atoms with E-state index in [9.17, 15) is 4.79 Å². The van der Waals surface area contributed by atoms with Gasteiger partial charge in [-0.05, 0) is 18.6 Å². The molecule has 0 aliphatic carbocycles. The molecule has 0 spiro atoms. The third-order valence-corrected chi connectivity index (χ3v) is 2.75. The molecule has 0 aliphatic rings. The topological polar surface area (TPSA) is 107 Å². The number of nitrogens with zero attached hydrogens (tertiary/aromatic N) is 5. The Balaban J connectivity index is 1.83. The molecule has 2 rings (SSSR count). The van der Waals surface area contributed by atoms with Crippen molar-refractivity contribution < 1.29 is 4.79 Å². The summed E-state index contributed by atoms with van der Waals surface area (Å²) in [5.74, 6) is -0.0549. The van der Waals surface area contributed by atoms with E-state index in [1.165, 1.54) is 11.0 Å². The number of hydrogen-bond acceptors (Lipinski definition) is 5. The molecule has 1 heterocycles. The van der Waals surface area contributed by atoms with Crippen molar-refractivity contribution >= 4 is 11.6 Å². The van der Waals surface area contributed by atoms with E-state index in [1.54, 1.807) is 24.3 Å². The highest BCUT2D eigenvalue weighted by molar-refractivity contribution is 5.92. The van der Waals surface area contributed by atoms with Crippen molar-refractivity contribution in [1.82, 2.24) is 14.8 Å². The van der Waals surface area contributed by atoms with E-state index in [0.29, 0.717) is 30.6 Å². The SMILES string of the molecule is N#Cc1ncn(CCCC(=O)Nc2ccccc2C#N)n1. The third kappa shape index (κ3) is 3.88. The summed E-state index contributed by atoms with van der Waals surface area (Å²) < 4.78 is 1.52. The minimum Gasteiger partial charge on any atom is -0.325 e. The number of nitriles is 2. The lowest BCUT2D eigenvalue weighted by Crippen LogP contribution is -2.13. The normalized spacial score (nSPS) is 9.62. The van der Waals surface area contributed by atoms with Crippen molar-refractivity contribution in [3.63, 3.8) is 0 Å². The van der Waals surface area contributed by atoms with Crippen molar-refractivity contribution in [2.45, 2.75) is 19.4 Å². The van der Waals surface area contributed by atoms with Crippen molar-refractivity contribution in [3.05, 3.63) is 42.0 Å². The molecule has 0 radical (unpaired) electrons. The summed E-state index contributed by atoms with van der Waals surface area (Å²) in [6.07, 6.45) is 2.32. The minimum absolute atomic E-state index is 0.113. The molecular formula is C14H12N6O. The quantitative estimate of drug-likeness (QED) is 0.891. The van der Waals surface area contributed by atoms with Crippen LogP contribution in [-0.4, -0.2) is 20.7 Å². The Morgan fingerprint density at radius 1 is 1.29 bits per heavy atom. The maximum atomic E-state index is 11.8. The van der Waals surface area contributed by atoms with Gasteiger partial charge < -0.3 is 5.32 Å². The van der Waals surface area contributed by atoms with Crippen LogP contribution < -0.4 is 5.32 Å². The van der Waals surface area contributed by atoms with Crippen LogP contribution in [0, 0.1) is 22.7 Å². The second-order valence-electron chi connectivity index (χ2n) is 4.25. The van der Waals surface area contributed by atoms with Gasteiger partial charge in [0.05, 0.1) is 11.3 Å². The highest BCUT2D eigenvalue weighted by atomic mass is 16.1. The second-order valence-corrected chi connectivity index (χ2v) is 4.25. The largest absolute Gasteiger partial charge is 0.325 e. The molecular weight excluding hydrogens is 268 g/mol. The van der Waals surface area contributed by atoms with E-state index in [2.05, 4.69) is 15.4 Å². The Kier molecular flexibility index (Phi) is 4.62. The molecule has 0 fully saturated rings. The Morgan fingerprint density at radius 3 is 2.81 bits per heavy atom. The van der Waals surface area contributed by atoms with Crippen LogP contribution in [0.2, 0.25) is 0 Å². The van der Waals surface area contributed by atoms with Gasteiger partial charge in [-0.3, -0.25) is 9.48 Å². The minimum atomic E-state index is -0.168. The van der Waals surface area contributed by atoms with Gasteiger partial charge in [0.2, 0.25) is 5.91 Å². The van der Waals surface area contributed by atoms with Gasteiger partial charge >= 0.3 is 0 Å². The predicted octanol–water partition coefficient (Wildman–Crippen LogP) is 1.44. The van der Waals surface area contributed by atoms with Crippen molar-refractivity contribution in [1.29, 1.82) is 10.5 Å². The summed E-state index contributed by atoms with van der Waals surface area (Å²) in [7, 11) is 0. The third-order valence-electron chi connectivity index (χ3n) is 2.75. The van der Waals surface area contributed by atoms with E-state index in [1.807, 2.05) is 12.1 Å². The van der Waals surface area contributed by atoms with Gasteiger partial charge in [0.1, 0.15) is 18.5 Å². The molecule has 1 amide bonds. The number of anilines is 1. The van der Waals surface area contributed by atoms with Crippen molar-refractivity contribution in [2.75, 3.05) is 5.32 Å². The fraction of sp³-hybridized carbons (Fsp3) is 0.214. The van der Waals surface area contributed by atoms with Crippen molar-refractivity contribution in [3.8, 4) is 12.1 Å². The molecule has 0 saturated heterocycles. The van der Waals surface area contributed by atoms with Crippen LogP contribution in [0.5, 0.6) is 0 Å². The van der Waals surface area contributed by atoms with Gasteiger partial charge in [-0.15, -0.1) is 5.10 Å². The monoisotopic (exact) mass is 280 g/mol. The Morgan fingerprint density at radius 2 is 2.10 bits per heavy atom. The van der Waals surface area contributed by atoms with Gasteiger partial charge in [-0.25, -0.2) is 4.98 Å². The Bertz CT molecular complexity index is 722. The van der Waals surface area contributed by atoms with Crippen molar-refractivity contribution in [2.24, 2.45) is 0 Å². The van der Waals surface area contributed by atoms with Gasteiger partial charge in [0.15, 0.2) is 0 Å². The van der Waals surface area contributed by atoms with Crippen LogP contribution in [0.1, 0.15) is 24.2 Å². The van der Waals surface area contributed by atoms with Crippen LogP contribution in [0.15, 0.2) is 30.6 Å². The molecule has 2 aromatic rings. The smallest absolute Gasteiger partial charge is 0.252 e. The molecule has 104 valence electrons.